The average Bonchev–Trinajstić information content (AvgIpc) is 2.70. The third-order valence-corrected chi connectivity index (χ3v) is 5.95. The van der Waals surface area contributed by atoms with Gasteiger partial charge in [-0.25, -0.2) is 13.2 Å². The number of hydrogen-bond acceptors (Lipinski definition) is 6. The van der Waals surface area contributed by atoms with E-state index in [1.165, 1.54) is 31.2 Å². The highest BCUT2D eigenvalue weighted by molar-refractivity contribution is 7.91. The second-order valence-electron chi connectivity index (χ2n) is 6.44. The molecule has 0 heterocycles. The molecular formula is C21H25NO6S. The fourth-order valence-corrected chi connectivity index (χ4v) is 3.72. The molecule has 0 saturated heterocycles. The van der Waals surface area contributed by atoms with Gasteiger partial charge in [0.1, 0.15) is 12.4 Å². The first kappa shape index (κ1) is 22.4. The predicted molar refractivity (Wildman–Crippen MR) is 109 cm³/mol. The van der Waals surface area contributed by atoms with E-state index in [9.17, 15) is 18.0 Å². The molecule has 1 amide bonds. The molecule has 1 N–H and O–H groups in total. The van der Waals surface area contributed by atoms with E-state index in [2.05, 4.69) is 5.32 Å². The Labute approximate surface area is 170 Å². The molecule has 0 fully saturated rings. The predicted octanol–water partition coefficient (Wildman–Crippen LogP) is 2.45. The van der Waals surface area contributed by atoms with Crippen LogP contribution in [0.15, 0.2) is 47.4 Å². The molecule has 2 rings (SSSR count). The van der Waals surface area contributed by atoms with Gasteiger partial charge < -0.3 is 14.8 Å². The molecule has 0 bridgehead atoms. The number of sulfone groups is 1. The summed E-state index contributed by atoms with van der Waals surface area (Å²) in [7, 11) is -3.58. The van der Waals surface area contributed by atoms with E-state index in [0.717, 1.165) is 16.9 Å². The van der Waals surface area contributed by atoms with Gasteiger partial charge >= 0.3 is 5.97 Å². The molecule has 0 aliphatic carbocycles. The van der Waals surface area contributed by atoms with Gasteiger partial charge in [0.05, 0.1) is 22.8 Å². The largest absolute Gasteiger partial charge is 0.491 e. The van der Waals surface area contributed by atoms with Crippen LogP contribution in [0.25, 0.3) is 0 Å². The van der Waals surface area contributed by atoms with Gasteiger partial charge in [0.2, 0.25) is 0 Å². The van der Waals surface area contributed by atoms with Crippen LogP contribution < -0.4 is 10.1 Å². The van der Waals surface area contributed by atoms with Crippen LogP contribution >= 0.6 is 0 Å². The number of hydrogen-bond donors (Lipinski definition) is 1. The highest BCUT2D eigenvalue weighted by Crippen LogP contribution is 2.19. The third-order valence-electron chi connectivity index (χ3n) is 4.17. The molecule has 2 aromatic rings. The monoisotopic (exact) mass is 419 g/mol. The summed E-state index contributed by atoms with van der Waals surface area (Å²) in [5, 5.41) is 2.59. The topological polar surface area (TPSA) is 98.8 Å². The second kappa shape index (κ2) is 10.1. The molecule has 8 heteroatoms. The maximum Gasteiger partial charge on any atom is 0.339 e. The fraction of sp³-hybridized carbons (Fsp3) is 0.333. The molecule has 0 spiro atoms. The zero-order valence-corrected chi connectivity index (χ0v) is 17.5. The lowest BCUT2D eigenvalue weighted by Crippen LogP contribution is -2.32. The highest BCUT2D eigenvalue weighted by atomic mass is 32.2. The van der Waals surface area contributed by atoms with Crippen LogP contribution in [0.3, 0.4) is 0 Å². The number of benzene rings is 2. The van der Waals surface area contributed by atoms with Crippen molar-refractivity contribution in [2.24, 2.45) is 0 Å². The number of rotatable bonds is 9. The number of carbonyl (C=O) groups excluding carboxylic acids is 2. The van der Waals surface area contributed by atoms with Crippen molar-refractivity contribution in [3.63, 3.8) is 0 Å². The maximum absolute atomic E-state index is 12.2. The second-order valence-corrected chi connectivity index (χ2v) is 8.69. The Morgan fingerprint density at radius 3 is 2.48 bits per heavy atom. The van der Waals surface area contributed by atoms with Crippen LogP contribution in [0, 0.1) is 13.8 Å². The maximum atomic E-state index is 12.2. The van der Waals surface area contributed by atoms with E-state index in [0.29, 0.717) is 0 Å². The zero-order valence-electron chi connectivity index (χ0n) is 16.7. The van der Waals surface area contributed by atoms with Crippen molar-refractivity contribution in [2.45, 2.75) is 25.7 Å². The van der Waals surface area contributed by atoms with Gasteiger partial charge in [-0.1, -0.05) is 36.8 Å². The van der Waals surface area contributed by atoms with Gasteiger partial charge in [-0.3, -0.25) is 4.79 Å². The molecule has 0 radical (unpaired) electrons. The number of carbonyl (C=O) groups is 2. The quantitative estimate of drug-likeness (QED) is 0.495. The van der Waals surface area contributed by atoms with Crippen LogP contribution in [0.4, 0.5) is 0 Å². The molecule has 156 valence electrons. The Bertz CT molecular complexity index is 984. The van der Waals surface area contributed by atoms with Crippen molar-refractivity contribution in [1.29, 1.82) is 0 Å². The molecule has 0 aliphatic rings. The van der Waals surface area contributed by atoms with Crippen molar-refractivity contribution in [1.82, 2.24) is 5.32 Å². The Hall–Kier alpha value is -2.87. The van der Waals surface area contributed by atoms with Crippen molar-refractivity contribution in [3.05, 3.63) is 59.2 Å². The van der Waals surface area contributed by atoms with Crippen molar-refractivity contribution in [3.8, 4) is 5.75 Å². The number of ether oxygens (including phenoxy) is 2. The standard InChI is InChI=1S/C21H25NO6S/c1-4-29(25,26)19-8-6-5-7-17(19)21(24)28-14-20(23)22-11-12-27-18-10-9-15(2)13-16(18)3/h5-10,13H,4,11-12,14H2,1-3H3,(H,22,23). The molecule has 0 aliphatic heterocycles. The van der Waals surface area contributed by atoms with Crippen LogP contribution in [0.2, 0.25) is 0 Å². The van der Waals surface area contributed by atoms with Crippen molar-refractivity contribution in [2.75, 3.05) is 25.5 Å². The summed E-state index contributed by atoms with van der Waals surface area (Å²) >= 11 is 0. The summed E-state index contributed by atoms with van der Waals surface area (Å²) in [6, 6.07) is 11.6. The SMILES string of the molecule is CCS(=O)(=O)c1ccccc1C(=O)OCC(=O)NCCOc1ccc(C)cc1C. The Kier molecular flexibility index (Phi) is 7.78. The minimum Gasteiger partial charge on any atom is -0.491 e. The molecular weight excluding hydrogens is 394 g/mol. The summed E-state index contributed by atoms with van der Waals surface area (Å²) in [6.07, 6.45) is 0. The minimum absolute atomic E-state index is 0.0830. The van der Waals surface area contributed by atoms with Crippen LogP contribution in [-0.4, -0.2) is 45.8 Å². The van der Waals surface area contributed by atoms with E-state index >= 15 is 0 Å². The third kappa shape index (κ3) is 6.32. The summed E-state index contributed by atoms with van der Waals surface area (Å²) in [5.74, 6) is -0.763. The zero-order chi connectivity index (χ0) is 21.4. The highest BCUT2D eigenvalue weighted by Gasteiger charge is 2.22. The summed E-state index contributed by atoms with van der Waals surface area (Å²) < 4.78 is 34.8. The molecule has 0 aromatic heterocycles. The van der Waals surface area contributed by atoms with Crippen molar-refractivity contribution < 1.29 is 27.5 Å². The van der Waals surface area contributed by atoms with Gasteiger partial charge in [-0.05, 0) is 37.6 Å². The van der Waals surface area contributed by atoms with E-state index in [-0.39, 0.29) is 29.4 Å². The molecule has 7 nitrogen and oxygen atoms in total. The van der Waals surface area contributed by atoms with Gasteiger partial charge in [0.15, 0.2) is 16.4 Å². The molecule has 29 heavy (non-hydrogen) atoms. The summed E-state index contributed by atoms with van der Waals surface area (Å²) in [4.78, 5) is 24.0. The summed E-state index contributed by atoms with van der Waals surface area (Å²) in [6.45, 7) is 5.42. The van der Waals surface area contributed by atoms with Crippen LogP contribution in [-0.2, 0) is 19.4 Å². The normalized spacial score (nSPS) is 11.0. The number of amides is 1. The lowest BCUT2D eigenvalue weighted by molar-refractivity contribution is -0.124. The van der Waals surface area contributed by atoms with E-state index in [1.54, 1.807) is 0 Å². The van der Waals surface area contributed by atoms with Gasteiger partial charge in [-0.15, -0.1) is 0 Å². The van der Waals surface area contributed by atoms with Crippen molar-refractivity contribution >= 4 is 21.7 Å². The Morgan fingerprint density at radius 1 is 1.07 bits per heavy atom. The Balaban J connectivity index is 1.82. The molecule has 0 unspecified atom stereocenters. The van der Waals surface area contributed by atoms with Gasteiger partial charge in [0.25, 0.3) is 5.91 Å². The molecule has 0 atom stereocenters. The van der Waals surface area contributed by atoms with Gasteiger partial charge in [-0.2, -0.15) is 0 Å². The minimum atomic E-state index is -3.58. The van der Waals surface area contributed by atoms with E-state index in [1.807, 2.05) is 32.0 Å². The molecule has 2 aromatic carbocycles. The lowest BCUT2D eigenvalue weighted by Gasteiger charge is -2.11. The lowest BCUT2D eigenvalue weighted by atomic mass is 10.1. The first-order chi connectivity index (χ1) is 13.7. The first-order valence-corrected chi connectivity index (χ1v) is 10.9. The fourth-order valence-electron chi connectivity index (χ4n) is 2.63. The number of nitrogens with one attached hydrogen (secondary N) is 1. The van der Waals surface area contributed by atoms with E-state index < -0.39 is 28.3 Å². The first-order valence-electron chi connectivity index (χ1n) is 9.20. The average molecular weight is 419 g/mol. The van der Waals surface area contributed by atoms with E-state index in [4.69, 9.17) is 9.47 Å². The van der Waals surface area contributed by atoms with Crippen LogP contribution in [0.5, 0.6) is 5.75 Å². The smallest absolute Gasteiger partial charge is 0.339 e. The Morgan fingerprint density at radius 2 is 1.79 bits per heavy atom. The van der Waals surface area contributed by atoms with Crippen LogP contribution in [0.1, 0.15) is 28.4 Å². The number of aryl methyl sites for hydroxylation is 2. The summed E-state index contributed by atoms with van der Waals surface area (Å²) in [5.41, 5.74) is 2.06. The van der Waals surface area contributed by atoms with Gasteiger partial charge in [0, 0.05) is 0 Å². The molecule has 0 saturated carbocycles. The number of esters is 1.